The van der Waals surface area contributed by atoms with E-state index >= 15 is 0 Å². The molecule has 0 aliphatic rings. The van der Waals surface area contributed by atoms with Gasteiger partial charge in [0.1, 0.15) is 10.1 Å². The third-order valence-corrected chi connectivity index (χ3v) is 7.17. The summed E-state index contributed by atoms with van der Waals surface area (Å²) in [6.45, 7) is 6.59. The van der Waals surface area contributed by atoms with E-state index < -0.39 is 10.1 Å². The fraction of sp³-hybridized carbons (Fsp3) is 0.500. The van der Waals surface area contributed by atoms with Crippen LogP contribution in [0.15, 0.2) is 83.8 Å². The Morgan fingerprint density at radius 3 is 1.71 bits per heavy atom. The maximum Gasteiger partial charge on any atom is 2.00 e. The predicted octanol–water partition coefficient (Wildman–Crippen LogP) is 8.20. The van der Waals surface area contributed by atoms with Crippen LogP contribution >= 0.6 is 0 Å². The first kappa shape index (κ1) is 36.3. The van der Waals surface area contributed by atoms with Crippen LogP contribution in [0.2, 0.25) is 0 Å². The molecular weight excluding hydrogens is 534 g/mol. The van der Waals surface area contributed by atoms with Crippen molar-refractivity contribution in [1.29, 1.82) is 0 Å². The molecule has 4 nitrogen and oxygen atoms in total. The summed E-state index contributed by atoms with van der Waals surface area (Å²) in [6, 6.07) is 24.6. The van der Waals surface area contributed by atoms with E-state index in [0.29, 0.717) is 0 Å². The maximum atomic E-state index is 10.4. The molecule has 214 valence electrons. The Bertz CT molecular complexity index is 978. The Morgan fingerprint density at radius 1 is 0.763 bits per heavy atom. The van der Waals surface area contributed by atoms with Crippen molar-refractivity contribution in [3.05, 3.63) is 90.0 Å². The molecule has 0 N–H and O–H groups in total. The zero-order valence-electron chi connectivity index (χ0n) is 23.9. The number of quaternary nitrogens is 1. The molecule has 0 bridgehead atoms. The summed E-state index contributed by atoms with van der Waals surface area (Å²) in [7, 11) is 0.454. The van der Waals surface area contributed by atoms with Crippen molar-refractivity contribution < 1.29 is 34.5 Å². The summed E-state index contributed by atoms with van der Waals surface area (Å²) in [6.07, 6.45) is 14.3. The Kier molecular flexibility index (Phi) is 20.2. The zero-order chi connectivity index (χ0) is 27.4. The Labute approximate surface area is 244 Å². The smallest absolute Gasteiger partial charge is 0.744 e. The standard InChI is InChI=1S/C20H37N.C7H8O3S.C5H5.Fe/c1-4-5-6-7-8-9-10-11-12-15-18-21(2,3)19-20-16-13-14-17-20;1-6-2-4-7(5-3-6)11(8,9)10;1-2-4-5-3-1;/h13-14,16-17H,4-12,15,18-19H2,1-3H3;2-5H,1H3,(H,8,9,10);1-5H;/q;;-1;+2/p-1. The fourth-order valence-corrected chi connectivity index (χ4v) is 4.61. The summed E-state index contributed by atoms with van der Waals surface area (Å²) in [5, 5.41) is 0. The summed E-state index contributed by atoms with van der Waals surface area (Å²) >= 11 is 0. The molecule has 0 unspecified atom stereocenters. The van der Waals surface area contributed by atoms with Crippen molar-refractivity contribution in [2.75, 3.05) is 20.6 Å². The van der Waals surface area contributed by atoms with E-state index in [1.807, 2.05) is 37.3 Å². The van der Waals surface area contributed by atoms with E-state index in [-0.39, 0.29) is 22.0 Å². The van der Waals surface area contributed by atoms with Crippen LogP contribution in [-0.4, -0.2) is 38.1 Å². The SMILES string of the molecule is CCCCCCCCCCCC[N+](C)(C)Cc1ccc[cH-]1.Cc1ccc(S(=O)(=O)[O-])cc1.[Fe+2].c1cc[cH-]c1. The Balaban J connectivity index is 0.000000664. The van der Waals surface area contributed by atoms with E-state index in [1.54, 1.807) is 12.1 Å². The van der Waals surface area contributed by atoms with E-state index in [0.717, 1.165) is 10.0 Å². The molecule has 3 aromatic rings. The minimum absolute atomic E-state index is 0. The van der Waals surface area contributed by atoms with Gasteiger partial charge in [0.25, 0.3) is 0 Å². The van der Waals surface area contributed by atoms with Gasteiger partial charge in [-0.3, -0.25) is 0 Å². The second-order valence-corrected chi connectivity index (χ2v) is 11.9. The monoisotopic (exact) mass is 583 g/mol. The number of rotatable bonds is 14. The summed E-state index contributed by atoms with van der Waals surface area (Å²) < 4.78 is 32.3. The third-order valence-electron chi connectivity index (χ3n) is 6.32. The number of benzene rings is 1. The van der Waals surface area contributed by atoms with Gasteiger partial charge in [-0.15, -0.1) is 5.56 Å². The van der Waals surface area contributed by atoms with Gasteiger partial charge in [-0.05, 0) is 31.9 Å². The fourth-order valence-electron chi connectivity index (χ4n) is 4.15. The number of hydrogen-bond acceptors (Lipinski definition) is 3. The second kappa shape index (κ2) is 21.2. The van der Waals surface area contributed by atoms with Gasteiger partial charge in [0, 0.05) is 0 Å². The van der Waals surface area contributed by atoms with Crippen LogP contribution in [0, 0.1) is 6.92 Å². The van der Waals surface area contributed by atoms with Gasteiger partial charge < -0.3 is 9.04 Å². The number of nitrogens with zero attached hydrogens (tertiary/aromatic N) is 1. The van der Waals surface area contributed by atoms with Crippen molar-refractivity contribution in [3.63, 3.8) is 0 Å². The number of hydrogen-bond donors (Lipinski definition) is 0. The first-order chi connectivity index (χ1) is 17.6. The quantitative estimate of drug-likeness (QED) is 0.0632. The maximum absolute atomic E-state index is 10.4. The van der Waals surface area contributed by atoms with Crippen LogP contribution in [0.5, 0.6) is 0 Å². The van der Waals surface area contributed by atoms with E-state index in [4.69, 9.17) is 0 Å². The second-order valence-electron chi connectivity index (χ2n) is 10.5. The van der Waals surface area contributed by atoms with Crippen molar-refractivity contribution in [2.45, 2.75) is 89.5 Å². The van der Waals surface area contributed by atoms with Crippen molar-refractivity contribution >= 4 is 10.1 Å². The normalized spacial score (nSPS) is 11.0. The zero-order valence-corrected chi connectivity index (χ0v) is 25.8. The molecule has 0 amide bonds. The summed E-state index contributed by atoms with van der Waals surface area (Å²) in [5.74, 6) is 0. The summed E-state index contributed by atoms with van der Waals surface area (Å²) in [4.78, 5) is -0.178. The van der Waals surface area contributed by atoms with Gasteiger partial charge in [-0.2, -0.15) is 30.3 Å². The molecule has 3 aromatic carbocycles. The molecule has 0 saturated carbocycles. The molecule has 0 heterocycles. The van der Waals surface area contributed by atoms with Crippen LogP contribution in [0.3, 0.4) is 0 Å². The Hall–Kier alpha value is -1.69. The van der Waals surface area contributed by atoms with Gasteiger partial charge in [0.2, 0.25) is 0 Å². The molecule has 0 spiro atoms. The van der Waals surface area contributed by atoms with Crippen molar-refractivity contribution in [1.82, 2.24) is 0 Å². The van der Waals surface area contributed by atoms with E-state index in [2.05, 4.69) is 45.3 Å². The molecule has 0 atom stereocenters. The predicted molar refractivity (Wildman–Crippen MR) is 156 cm³/mol. The van der Waals surface area contributed by atoms with Crippen molar-refractivity contribution in [2.24, 2.45) is 0 Å². The molecule has 0 aliphatic carbocycles. The molecule has 0 fully saturated rings. The van der Waals surface area contributed by atoms with Gasteiger partial charge in [0.15, 0.2) is 0 Å². The van der Waals surface area contributed by atoms with Crippen LogP contribution in [0.1, 0.15) is 82.3 Å². The molecule has 0 aromatic heterocycles. The molecule has 0 saturated heterocycles. The molecule has 0 aliphatic heterocycles. The van der Waals surface area contributed by atoms with Gasteiger partial charge in [0.05, 0.1) is 32.1 Å². The van der Waals surface area contributed by atoms with Crippen molar-refractivity contribution in [3.8, 4) is 0 Å². The van der Waals surface area contributed by atoms with E-state index in [9.17, 15) is 13.0 Å². The van der Waals surface area contributed by atoms with Gasteiger partial charge in [-0.1, -0.05) is 76.0 Å². The van der Waals surface area contributed by atoms with Gasteiger partial charge in [-0.25, -0.2) is 32.7 Å². The van der Waals surface area contributed by atoms with Crippen LogP contribution in [0.4, 0.5) is 0 Å². The first-order valence-electron chi connectivity index (χ1n) is 13.9. The van der Waals surface area contributed by atoms with E-state index in [1.165, 1.54) is 95.0 Å². The average molecular weight is 584 g/mol. The summed E-state index contributed by atoms with van der Waals surface area (Å²) in [5.41, 5.74) is 2.41. The molecule has 0 radical (unpaired) electrons. The largest absolute Gasteiger partial charge is 2.00 e. The van der Waals surface area contributed by atoms with Crippen LogP contribution in [-0.2, 0) is 33.7 Å². The van der Waals surface area contributed by atoms with Crippen LogP contribution in [0.25, 0.3) is 0 Å². The third kappa shape index (κ3) is 19.4. The first-order valence-corrected chi connectivity index (χ1v) is 15.3. The average Bonchev–Trinajstić information content (AvgIpc) is 3.57. The molecular formula is C32H49FeNO3S. The molecule has 3 rings (SSSR count). The number of unbranched alkanes of at least 4 members (excludes halogenated alkanes) is 9. The topological polar surface area (TPSA) is 57.2 Å². The number of aryl methyl sites for hydroxylation is 1. The van der Waals surface area contributed by atoms with Crippen LogP contribution < -0.4 is 0 Å². The molecule has 6 heteroatoms. The molecule has 38 heavy (non-hydrogen) atoms. The minimum Gasteiger partial charge on any atom is -0.744 e. The Morgan fingerprint density at radius 2 is 1.29 bits per heavy atom. The minimum atomic E-state index is -4.27. The van der Waals surface area contributed by atoms with Gasteiger partial charge >= 0.3 is 17.1 Å².